The van der Waals surface area contributed by atoms with E-state index in [-0.39, 0.29) is 5.92 Å². The highest BCUT2D eigenvalue weighted by molar-refractivity contribution is 7.98. The number of carbonyl (C=O) groups excluding carboxylic acids is 1. The highest BCUT2D eigenvalue weighted by Gasteiger charge is 2.40. The zero-order valence-corrected chi connectivity index (χ0v) is 14.2. The van der Waals surface area contributed by atoms with Crippen LogP contribution in [0.2, 0.25) is 0 Å². The zero-order valence-electron chi connectivity index (χ0n) is 13.4. The Hall–Kier alpha value is -1.00. The molecule has 22 heavy (non-hydrogen) atoms. The largest absolute Gasteiger partial charge is 0.334 e. The summed E-state index contributed by atoms with van der Waals surface area (Å²) in [4.78, 5) is 17.5. The lowest BCUT2D eigenvalue weighted by molar-refractivity contribution is -0.140. The molecule has 3 aliphatic rings. The molecule has 4 heteroatoms. The van der Waals surface area contributed by atoms with E-state index in [0.29, 0.717) is 11.9 Å². The lowest BCUT2D eigenvalue weighted by atomic mass is 9.93. The van der Waals surface area contributed by atoms with Gasteiger partial charge in [-0.25, -0.2) is 0 Å². The summed E-state index contributed by atoms with van der Waals surface area (Å²) in [5.74, 6) is 1.82. The quantitative estimate of drug-likeness (QED) is 0.754. The number of amides is 1. The first kappa shape index (κ1) is 15.9. The predicted molar refractivity (Wildman–Crippen MR) is 92.9 cm³/mol. The molecule has 3 nitrogen and oxygen atoms in total. The Morgan fingerprint density at radius 1 is 1.18 bits per heavy atom. The van der Waals surface area contributed by atoms with Gasteiger partial charge < -0.3 is 9.80 Å². The Balaban J connectivity index is 1.67. The molecule has 4 rings (SSSR count). The fourth-order valence-electron chi connectivity index (χ4n) is 3.73. The maximum absolute atomic E-state index is 12.8. The van der Waals surface area contributed by atoms with E-state index in [1.54, 1.807) is 0 Å². The van der Waals surface area contributed by atoms with Gasteiger partial charge >= 0.3 is 0 Å². The van der Waals surface area contributed by atoms with Crippen LogP contribution in [0, 0.1) is 5.92 Å². The van der Waals surface area contributed by atoms with Gasteiger partial charge in [-0.2, -0.15) is 11.8 Å². The van der Waals surface area contributed by atoms with Crippen LogP contribution in [-0.2, 0) is 11.3 Å². The second-order valence-corrected chi connectivity index (χ2v) is 7.47. The Morgan fingerprint density at radius 2 is 2.00 bits per heavy atom. The molecule has 0 radical (unpaired) electrons. The van der Waals surface area contributed by atoms with Crippen molar-refractivity contribution in [1.29, 1.82) is 0 Å². The van der Waals surface area contributed by atoms with E-state index in [0.717, 1.165) is 32.6 Å². The maximum Gasteiger partial charge on any atom is 0.227 e. The first-order valence-electron chi connectivity index (χ1n) is 8.33. The van der Waals surface area contributed by atoms with E-state index in [1.807, 2.05) is 17.8 Å². The Bertz CT molecular complexity index is 493. The van der Waals surface area contributed by atoms with Crippen molar-refractivity contribution in [1.82, 2.24) is 9.80 Å². The molecule has 0 aliphatic carbocycles. The number of hydrogen-bond acceptors (Lipinski definition) is 3. The average molecular weight is 318 g/mol. The van der Waals surface area contributed by atoms with Crippen LogP contribution in [-0.4, -0.2) is 53.4 Å². The van der Waals surface area contributed by atoms with Crippen LogP contribution in [0.1, 0.15) is 24.8 Å². The molecule has 1 aromatic carbocycles. The smallest absolute Gasteiger partial charge is 0.227 e. The van der Waals surface area contributed by atoms with Crippen molar-refractivity contribution in [2.24, 2.45) is 5.92 Å². The van der Waals surface area contributed by atoms with E-state index >= 15 is 0 Å². The molecular formula is C18H26N2OS. The van der Waals surface area contributed by atoms with Crippen LogP contribution in [0.4, 0.5) is 0 Å². The summed E-state index contributed by atoms with van der Waals surface area (Å²) in [6.07, 6.45) is 5.64. The SMILES string of the molecule is CSCCCN1C[C@H]2CC[C@@H](C1)N(Cc1ccccc1)C2=O. The molecule has 3 aliphatic heterocycles. The fourth-order valence-corrected chi connectivity index (χ4v) is 4.15. The summed E-state index contributed by atoms with van der Waals surface area (Å²) in [5, 5.41) is 0. The van der Waals surface area contributed by atoms with E-state index in [1.165, 1.54) is 24.2 Å². The number of carbonyl (C=O) groups is 1. The molecule has 0 unspecified atom stereocenters. The molecule has 0 N–H and O–H groups in total. The van der Waals surface area contributed by atoms with Gasteiger partial charge in [0, 0.05) is 25.7 Å². The summed E-state index contributed by atoms with van der Waals surface area (Å²) in [7, 11) is 0. The minimum absolute atomic E-state index is 0.219. The lowest BCUT2D eigenvalue weighted by Gasteiger charge is -2.36. The van der Waals surface area contributed by atoms with E-state index < -0.39 is 0 Å². The second kappa shape index (κ2) is 7.51. The van der Waals surface area contributed by atoms with Crippen LogP contribution in [0.3, 0.4) is 0 Å². The molecule has 1 amide bonds. The van der Waals surface area contributed by atoms with Gasteiger partial charge in [-0.1, -0.05) is 30.3 Å². The molecular weight excluding hydrogens is 292 g/mol. The van der Waals surface area contributed by atoms with Crippen LogP contribution >= 0.6 is 11.8 Å². The van der Waals surface area contributed by atoms with Gasteiger partial charge in [-0.05, 0) is 43.4 Å². The fraction of sp³-hybridized carbons (Fsp3) is 0.611. The van der Waals surface area contributed by atoms with Crippen molar-refractivity contribution < 1.29 is 4.79 Å². The second-order valence-electron chi connectivity index (χ2n) is 6.49. The molecule has 1 aromatic rings. The van der Waals surface area contributed by atoms with Gasteiger partial charge in [0.2, 0.25) is 5.91 Å². The first-order chi connectivity index (χ1) is 10.8. The van der Waals surface area contributed by atoms with Crippen molar-refractivity contribution in [3.05, 3.63) is 35.9 Å². The van der Waals surface area contributed by atoms with Gasteiger partial charge in [0.1, 0.15) is 0 Å². The van der Waals surface area contributed by atoms with Gasteiger partial charge in [0.25, 0.3) is 0 Å². The molecule has 0 saturated carbocycles. The number of benzene rings is 1. The summed E-state index contributed by atoms with van der Waals surface area (Å²) in [6, 6.07) is 10.8. The molecule has 120 valence electrons. The first-order valence-corrected chi connectivity index (χ1v) is 9.73. The lowest BCUT2D eigenvalue weighted by Crippen LogP contribution is -2.47. The summed E-state index contributed by atoms with van der Waals surface area (Å²) >= 11 is 1.91. The third-order valence-electron chi connectivity index (χ3n) is 4.89. The molecule has 3 fully saturated rings. The molecule has 0 aromatic heterocycles. The predicted octanol–water partition coefficient (Wildman–Crippen LogP) is 2.86. The molecule has 3 heterocycles. The topological polar surface area (TPSA) is 23.6 Å². The minimum atomic E-state index is 0.219. The van der Waals surface area contributed by atoms with Crippen LogP contribution in [0.25, 0.3) is 0 Å². The highest BCUT2D eigenvalue weighted by Crippen LogP contribution is 2.30. The van der Waals surface area contributed by atoms with Crippen LogP contribution < -0.4 is 0 Å². The summed E-state index contributed by atoms with van der Waals surface area (Å²) < 4.78 is 0. The monoisotopic (exact) mass is 318 g/mol. The maximum atomic E-state index is 12.8. The summed E-state index contributed by atoms with van der Waals surface area (Å²) in [5.41, 5.74) is 1.25. The van der Waals surface area contributed by atoms with E-state index in [9.17, 15) is 4.79 Å². The van der Waals surface area contributed by atoms with Gasteiger partial charge in [-0.3, -0.25) is 4.79 Å². The van der Waals surface area contributed by atoms with Gasteiger partial charge in [0.05, 0.1) is 5.92 Å². The number of hydrogen-bond donors (Lipinski definition) is 0. The van der Waals surface area contributed by atoms with Crippen LogP contribution in [0.15, 0.2) is 30.3 Å². The highest BCUT2D eigenvalue weighted by atomic mass is 32.2. The van der Waals surface area contributed by atoms with Gasteiger partial charge in [-0.15, -0.1) is 0 Å². The Kier molecular flexibility index (Phi) is 5.42. The number of fused-ring (bicyclic) bond motifs is 4. The van der Waals surface area contributed by atoms with Crippen molar-refractivity contribution >= 4 is 17.7 Å². The number of thioether (sulfide) groups is 1. The molecule has 0 spiro atoms. The number of nitrogens with zero attached hydrogens (tertiary/aromatic N) is 2. The number of rotatable bonds is 6. The third kappa shape index (κ3) is 3.66. The average Bonchev–Trinajstić information content (AvgIpc) is 2.81. The normalized spacial score (nSPS) is 25.5. The van der Waals surface area contributed by atoms with E-state index in [2.05, 4.69) is 40.3 Å². The summed E-state index contributed by atoms with van der Waals surface area (Å²) in [6.45, 7) is 3.94. The Morgan fingerprint density at radius 3 is 2.77 bits per heavy atom. The molecule has 2 atom stereocenters. The number of piperidine rings is 1. The van der Waals surface area contributed by atoms with Crippen molar-refractivity contribution in [2.45, 2.75) is 31.8 Å². The molecule has 2 bridgehead atoms. The zero-order chi connectivity index (χ0) is 15.4. The molecule has 3 saturated heterocycles. The standard InChI is InChI=1S/C18H26N2OS/c1-22-11-5-10-19-13-16-8-9-17(14-19)20(18(16)21)12-15-6-3-2-4-7-15/h2-4,6-7,16-17H,5,8-14H2,1H3/t16-,17+/m1/s1. The Labute approximate surface area is 138 Å². The van der Waals surface area contributed by atoms with Crippen LogP contribution in [0.5, 0.6) is 0 Å². The third-order valence-corrected chi connectivity index (χ3v) is 5.58. The minimum Gasteiger partial charge on any atom is -0.334 e. The van der Waals surface area contributed by atoms with E-state index in [4.69, 9.17) is 0 Å². The van der Waals surface area contributed by atoms with Crippen molar-refractivity contribution in [2.75, 3.05) is 31.6 Å². The van der Waals surface area contributed by atoms with Crippen molar-refractivity contribution in [3.8, 4) is 0 Å². The van der Waals surface area contributed by atoms with Gasteiger partial charge in [0.15, 0.2) is 0 Å². The van der Waals surface area contributed by atoms with Crippen molar-refractivity contribution in [3.63, 3.8) is 0 Å².